The Morgan fingerprint density at radius 2 is 1.63 bits per heavy atom. The van der Waals surface area contributed by atoms with Gasteiger partial charge in [0.15, 0.2) is 0 Å². The second-order valence-corrected chi connectivity index (χ2v) is 13.5. The van der Waals surface area contributed by atoms with Crippen molar-refractivity contribution in [2.75, 3.05) is 6.61 Å². The van der Waals surface area contributed by atoms with Crippen molar-refractivity contribution in [1.29, 1.82) is 0 Å². The highest BCUT2D eigenvalue weighted by Crippen LogP contribution is 2.40. The van der Waals surface area contributed by atoms with Crippen LogP contribution in [-0.4, -0.2) is 33.2 Å². The molecule has 5 nitrogen and oxygen atoms in total. The highest BCUT2D eigenvalue weighted by molar-refractivity contribution is 6.99. The molecule has 30 heavy (non-hydrogen) atoms. The molecular formula is C24H33N3O2Si. The van der Waals surface area contributed by atoms with Gasteiger partial charge in [0.25, 0.3) is 8.32 Å². The quantitative estimate of drug-likeness (QED) is 0.270. The molecule has 1 aliphatic rings. The Morgan fingerprint density at radius 3 is 2.07 bits per heavy atom. The van der Waals surface area contributed by atoms with E-state index in [2.05, 4.69) is 93.2 Å². The molecule has 0 aromatic heterocycles. The van der Waals surface area contributed by atoms with E-state index in [1.807, 2.05) is 12.1 Å². The summed E-state index contributed by atoms with van der Waals surface area (Å²) < 4.78 is 13.3. The van der Waals surface area contributed by atoms with E-state index < -0.39 is 8.32 Å². The standard InChI is InChI=1S/C24H33N3O2Si/c1-6-18(2)23-22(26-27-25)21(17-28-23)29-30(24(3,4)5,19-13-9-7-10-14-19)20-15-11-8-12-16-20/h7-16,18,21-23H,6,17H2,1-5H3/t18-,21-,22+,23+/m0/s1. The number of hydrogen-bond acceptors (Lipinski definition) is 3. The molecule has 2 aromatic carbocycles. The van der Waals surface area contributed by atoms with Crippen molar-refractivity contribution in [3.05, 3.63) is 71.1 Å². The molecule has 0 unspecified atom stereocenters. The molecule has 0 spiro atoms. The van der Waals surface area contributed by atoms with Gasteiger partial charge >= 0.3 is 0 Å². The molecule has 0 radical (unpaired) electrons. The minimum atomic E-state index is -2.72. The zero-order valence-corrected chi connectivity index (χ0v) is 19.7. The molecule has 0 bridgehead atoms. The van der Waals surface area contributed by atoms with Crippen molar-refractivity contribution in [2.24, 2.45) is 11.0 Å². The molecule has 1 aliphatic heterocycles. The highest BCUT2D eigenvalue weighted by Gasteiger charge is 2.54. The normalized spacial score (nSPS) is 23.0. The fourth-order valence-electron chi connectivity index (χ4n) is 4.57. The first-order chi connectivity index (χ1) is 14.3. The molecule has 1 saturated heterocycles. The van der Waals surface area contributed by atoms with Crippen LogP contribution < -0.4 is 10.4 Å². The fourth-order valence-corrected chi connectivity index (χ4v) is 9.25. The van der Waals surface area contributed by atoms with Gasteiger partial charge in [-0.15, -0.1) is 0 Å². The zero-order chi connectivity index (χ0) is 21.8. The van der Waals surface area contributed by atoms with E-state index in [0.717, 1.165) is 6.42 Å². The van der Waals surface area contributed by atoms with Crippen molar-refractivity contribution in [1.82, 2.24) is 0 Å². The van der Waals surface area contributed by atoms with Gasteiger partial charge in [-0.3, -0.25) is 0 Å². The van der Waals surface area contributed by atoms with Gasteiger partial charge in [-0.2, -0.15) is 0 Å². The van der Waals surface area contributed by atoms with Crippen LogP contribution in [0.4, 0.5) is 0 Å². The summed E-state index contributed by atoms with van der Waals surface area (Å²) in [5.41, 5.74) is 9.27. The summed E-state index contributed by atoms with van der Waals surface area (Å²) in [5, 5.41) is 6.46. The molecule has 0 N–H and O–H groups in total. The Labute approximate surface area is 181 Å². The van der Waals surface area contributed by atoms with Crippen LogP contribution in [-0.2, 0) is 9.16 Å². The van der Waals surface area contributed by atoms with Crippen LogP contribution in [0.5, 0.6) is 0 Å². The van der Waals surface area contributed by atoms with Crippen LogP contribution >= 0.6 is 0 Å². The second kappa shape index (κ2) is 9.35. The molecule has 0 amide bonds. The summed E-state index contributed by atoms with van der Waals surface area (Å²) in [6, 6.07) is 20.8. The summed E-state index contributed by atoms with van der Waals surface area (Å²) in [4.78, 5) is 3.15. The Bertz CT molecular complexity index is 824. The summed E-state index contributed by atoms with van der Waals surface area (Å²) in [7, 11) is -2.72. The fraction of sp³-hybridized carbons (Fsp3) is 0.500. The Morgan fingerprint density at radius 1 is 1.10 bits per heavy atom. The predicted molar refractivity (Wildman–Crippen MR) is 125 cm³/mol. The maximum absolute atomic E-state index is 9.27. The number of ether oxygens (including phenoxy) is 1. The topological polar surface area (TPSA) is 67.2 Å². The lowest BCUT2D eigenvalue weighted by atomic mass is 9.95. The van der Waals surface area contributed by atoms with Gasteiger partial charge in [-0.1, -0.05) is 107 Å². The van der Waals surface area contributed by atoms with E-state index in [1.54, 1.807) is 0 Å². The largest absolute Gasteiger partial charge is 0.402 e. The van der Waals surface area contributed by atoms with E-state index in [0.29, 0.717) is 12.5 Å². The third-order valence-corrected chi connectivity index (χ3v) is 11.4. The number of azide groups is 1. The molecule has 4 atom stereocenters. The van der Waals surface area contributed by atoms with E-state index in [4.69, 9.17) is 9.16 Å². The van der Waals surface area contributed by atoms with E-state index >= 15 is 0 Å². The lowest BCUT2D eigenvalue weighted by molar-refractivity contribution is 0.0562. The Hall–Kier alpha value is -2.11. The monoisotopic (exact) mass is 423 g/mol. The van der Waals surface area contributed by atoms with Crippen LogP contribution in [0.25, 0.3) is 10.4 Å². The minimum absolute atomic E-state index is 0.117. The molecule has 3 rings (SSSR count). The Kier molecular flexibility index (Phi) is 7.04. The van der Waals surface area contributed by atoms with Crippen molar-refractivity contribution in [2.45, 2.75) is 64.3 Å². The lowest BCUT2D eigenvalue weighted by Crippen LogP contribution is -2.68. The molecule has 0 saturated carbocycles. The van der Waals surface area contributed by atoms with Gasteiger partial charge in [0.05, 0.1) is 24.9 Å². The van der Waals surface area contributed by atoms with Crippen LogP contribution in [0, 0.1) is 5.92 Å². The van der Waals surface area contributed by atoms with Gasteiger partial charge in [-0.25, -0.2) is 0 Å². The van der Waals surface area contributed by atoms with E-state index in [-0.39, 0.29) is 23.3 Å². The summed E-state index contributed by atoms with van der Waals surface area (Å²) in [5.74, 6) is 0.299. The first-order valence-corrected chi connectivity index (χ1v) is 12.7. The summed E-state index contributed by atoms with van der Waals surface area (Å²) in [6.45, 7) is 11.5. The third-order valence-electron chi connectivity index (χ3n) is 6.31. The smallest absolute Gasteiger partial charge is 0.261 e. The van der Waals surface area contributed by atoms with Crippen LogP contribution in [0.15, 0.2) is 65.8 Å². The van der Waals surface area contributed by atoms with Crippen LogP contribution in [0.3, 0.4) is 0 Å². The SMILES string of the molecule is CC[C@H](C)[C@H]1OC[C@H](O[Si](c2ccccc2)(c2ccccc2)C(C)(C)C)[C@H]1N=[N+]=[N-]. The average Bonchev–Trinajstić information content (AvgIpc) is 3.14. The first kappa shape index (κ1) is 22.6. The predicted octanol–water partition coefficient (Wildman–Crippen LogP) is 5.06. The number of rotatable bonds is 7. The van der Waals surface area contributed by atoms with Crippen molar-refractivity contribution in [3.8, 4) is 0 Å². The van der Waals surface area contributed by atoms with Crippen molar-refractivity contribution < 1.29 is 9.16 Å². The molecule has 160 valence electrons. The molecule has 2 aromatic rings. The molecule has 1 heterocycles. The second-order valence-electron chi connectivity index (χ2n) is 9.20. The average molecular weight is 424 g/mol. The lowest BCUT2D eigenvalue weighted by Gasteiger charge is -2.45. The highest BCUT2D eigenvalue weighted by atomic mass is 28.4. The third kappa shape index (κ3) is 4.19. The van der Waals surface area contributed by atoms with E-state index in [9.17, 15) is 5.53 Å². The van der Waals surface area contributed by atoms with Gasteiger partial charge in [0, 0.05) is 4.91 Å². The maximum atomic E-state index is 9.27. The maximum Gasteiger partial charge on any atom is 0.261 e. The summed E-state index contributed by atoms with van der Waals surface area (Å²) in [6.07, 6.45) is 0.578. The molecular weight excluding hydrogens is 390 g/mol. The first-order valence-electron chi connectivity index (χ1n) is 10.8. The van der Waals surface area contributed by atoms with Crippen molar-refractivity contribution >= 4 is 18.7 Å². The number of benzene rings is 2. The van der Waals surface area contributed by atoms with Crippen LogP contribution in [0.2, 0.25) is 5.04 Å². The molecule has 0 aliphatic carbocycles. The van der Waals surface area contributed by atoms with Gasteiger partial charge < -0.3 is 9.16 Å². The van der Waals surface area contributed by atoms with Crippen LogP contribution in [0.1, 0.15) is 41.0 Å². The summed E-state index contributed by atoms with van der Waals surface area (Å²) >= 11 is 0. The molecule has 6 heteroatoms. The minimum Gasteiger partial charge on any atom is -0.402 e. The van der Waals surface area contributed by atoms with Gasteiger partial charge in [-0.05, 0) is 26.9 Å². The number of hydrogen-bond donors (Lipinski definition) is 0. The number of nitrogens with zero attached hydrogens (tertiary/aromatic N) is 3. The zero-order valence-electron chi connectivity index (χ0n) is 18.7. The van der Waals surface area contributed by atoms with Gasteiger partial charge in [0.1, 0.15) is 0 Å². The Balaban J connectivity index is 2.13. The van der Waals surface area contributed by atoms with Crippen molar-refractivity contribution in [3.63, 3.8) is 0 Å². The van der Waals surface area contributed by atoms with E-state index in [1.165, 1.54) is 10.4 Å². The molecule has 1 fully saturated rings. The van der Waals surface area contributed by atoms with Gasteiger partial charge in [0.2, 0.25) is 0 Å².